The third-order valence-electron chi connectivity index (χ3n) is 3.42. The third-order valence-corrected chi connectivity index (χ3v) is 4.74. The normalized spacial score (nSPS) is 11.7. The lowest BCUT2D eigenvalue weighted by molar-refractivity contribution is -0.137. The van der Waals surface area contributed by atoms with Gasteiger partial charge in [-0.2, -0.15) is 18.3 Å². The second-order valence-electron chi connectivity index (χ2n) is 5.18. The molecule has 1 amide bonds. The summed E-state index contributed by atoms with van der Waals surface area (Å²) in [5.41, 5.74) is -0.866. The van der Waals surface area contributed by atoms with E-state index in [4.69, 9.17) is 11.6 Å². The summed E-state index contributed by atoms with van der Waals surface area (Å²) in [5.74, 6) is -0.784. The summed E-state index contributed by atoms with van der Waals surface area (Å²) in [6.07, 6.45) is -1.74. The number of carbonyl (C=O) groups is 1. The van der Waals surface area contributed by atoms with Crippen LogP contribution in [0.25, 0.3) is 11.0 Å². The minimum absolute atomic E-state index is 0.149. The molecule has 0 unspecified atom stereocenters. The topological polar surface area (TPSA) is 72.7 Å². The van der Waals surface area contributed by atoms with E-state index < -0.39 is 23.3 Å². The number of nitrogens with zero attached hydrogens (tertiary/aromatic N) is 4. The third kappa shape index (κ3) is 3.75. The summed E-state index contributed by atoms with van der Waals surface area (Å²) in [6.45, 7) is 0. The fourth-order valence-corrected chi connectivity index (χ4v) is 3.24. The average Bonchev–Trinajstić information content (AvgIpc) is 2.96. The number of fused-ring (bicyclic) bond motifs is 1. The molecule has 3 rings (SSSR count). The van der Waals surface area contributed by atoms with E-state index in [0.717, 1.165) is 17.8 Å². The maximum atomic E-state index is 13.1. The van der Waals surface area contributed by atoms with Crippen LogP contribution in [0.3, 0.4) is 0 Å². The first-order chi connectivity index (χ1) is 12.3. The van der Waals surface area contributed by atoms with Gasteiger partial charge in [-0.15, -0.1) is 0 Å². The number of anilines is 1. The highest BCUT2D eigenvalue weighted by Crippen LogP contribution is 2.38. The van der Waals surface area contributed by atoms with Gasteiger partial charge in [0.05, 0.1) is 33.6 Å². The first-order valence-corrected chi connectivity index (χ1v) is 8.55. The number of carbonyl (C=O) groups excluding carboxylic acids is 1. The SMILES string of the molecule is Cn1ncc2c(SCC(=O)Nc3c(Cl)cccc3C(F)(F)F)ncnc21. The molecule has 0 bridgehead atoms. The van der Waals surface area contributed by atoms with E-state index >= 15 is 0 Å². The van der Waals surface area contributed by atoms with Crippen LogP contribution in [0.5, 0.6) is 0 Å². The van der Waals surface area contributed by atoms with Crippen molar-refractivity contribution in [1.29, 1.82) is 0 Å². The predicted octanol–water partition coefficient (Wildman–Crippen LogP) is 3.77. The van der Waals surface area contributed by atoms with Crippen LogP contribution in [-0.4, -0.2) is 31.4 Å². The molecule has 0 fully saturated rings. The number of alkyl halides is 3. The van der Waals surface area contributed by atoms with Crippen molar-refractivity contribution in [3.63, 3.8) is 0 Å². The zero-order chi connectivity index (χ0) is 18.9. The van der Waals surface area contributed by atoms with Crippen LogP contribution in [0.15, 0.2) is 35.7 Å². The van der Waals surface area contributed by atoms with Gasteiger partial charge in [-0.25, -0.2) is 9.97 Å². The standard InChI is InChI=1S/C15H11ClF3N5OS/c1-24-13-8(5-22-24)14(21-7-20-13)26-6-11(25)23-12-9(15(17,18)19)3-2-4-10(12)16/h2-5,7H,6H2,1H3,(H,23,25). The molecule has 0 spiro atoms. The number of hydrogen-bond acceptors (Lipinski definition) is 5. The van der Waals surface area contributed by atoms with Gasteiger partial charge < -0.3 is 5.32 Å². The smallest absolute Gasteiger partial charge is 0.324 e. The lowest BCUT2D eigenvalue weighted by Gasteiger charge is -2.15. The summed E-state index contributed by atoms with van der Waals surface area (Å²) in [5, 5.41) is 7.27. The van der Waals surface area contributed by atoms with E-state index in [2.05, 4.69) is 20.4 Å². The van der Waals surface area contributed by atoms with Gasteiger partial charge in [0.2, 0.25) is 5.91 Å². The molecule has 0 aliphatic carbocycles. The van der Waals surface area contributed by atoms with Crippen LogP contribution in [0.2, 0.25) is 5.02 Å². The summed E-state index contributed by atoms with van der Waals surface area (Å²) in [6, 6.07) is 3.32. The van der Waals surface area contributed by atoms with Gasteiger partial charge in [0.25, 0.3) is 0 Å². The Balaban J connectivity index is 1.76. The van der Waals surface area contributed by atoms with Crippen molar-refractivity contribution in [2.24, 2.45) is 7.05 Å². The molecular formula is C15H11ClF3N5OS. The summed E-state index contributed by atoms with van der Waals surface area (Å²) >= 11 is 6.89. The van der Waals surface area contributed by atoms with Gasteiger partial charge in [-0.3, -0.25) is 9.48 Å². The minimum Gasteiger partial charge on any atom is -0.324 e. The molecule has 0 saturated carbocycles. The zero-order valence-electron chi connectivity index (χ0n) is 13.2. The number of rotatable bonds is 4. The second-order valence-corrected chi connectivity index (χ2v) is 6.55. The van der Waals surface area contributed by atoms with E-state index in [1.165, 1.54) is 18.5 Å². The van der Waals surface area contributed by atoms with Gasteiger partial charge in [0, 0.05) is 7.05 Å². The van der Waals surface area contributed by atoms with Crippen molar-refractivity contribution in [2.45, 2.75) is 11.2 Å². The number of halogens is 4. The molecule has 3 aromatic rings. The largest absolute Gasteiger partial charge is 0.418 e. The van der Waals surface area contributed by atoms with Gasteiger partial charge in [-0.1, -0.05) is 29.4 Å². The van der Waals surface area contributed by atoms with Crippen LogP contribution in [0, 0.1) is 0 Å². The first-order valence-electron chi connectivity index (χ1n) is 7.18. The fourth-order valence-electron chi connectivity index (χ4n) is 2.25. The zero-order valence-corrected chi connectivity index (χ0v) is 14.8. The Morgan fingerprint density at radius 3 is 2.85 bits per heavy atom. The summed E-state index contributed by atoms with van der Waals surface area (Å²) in [7, 11) is 1.71. The highest BCUT2D eigenvalue weighted by molar-refractivity contribution is 8.00. The Kier molecular flexibility index (Phi) is 5.05. The van der Waals surface area contributed by atoms with Crippen molar-refractivity contribution in [3.8, 4) is 0 Å². The fraction of sp³-hybridized carbons (Fsp3) is 0.200. The van der Waals surface area contributed by atoms with Gasteiger partial charge >= 0.3 is 6.18 Å². The lowest BCUT2D eigenvalue weighted by Crippen LogP contribution is -2.18. The van der Waals surface area contributed by atoms with E-state index in [0.29, 0.717) is 16.1 Å². The molecule has 0 radical (unpaired) electrons. The molecule has 11 heteroatoms. The van der Waals surface area contributed by atoms with E-state index in [1.54, 1.807) is 17.9 Å². The van der Waals surface area contributed by atoms with Crippen LogP contribution < -0.4 is 5.32 Å². The van der Waals surface area contributed by atoms with Crippen LogP contribution in [0.4, 0.5) is 18.9 Å². The Morgan fingerprint density at radius 1 is 1.35 bits per heavy atom. The monoisotopic (exact) mass is 401 g/mol. The van der Waals surface area contributed by atoms with Crippen LogP contribution >= 0.6 is 23.4 Å². The van der Waals surface area contributed by atoms with E-state index in [1.807, 2.05) is 0 Å². The van der Waals surface area contributed by atoms with E-state index in [-0.39, 0.29) is 10.8 Å². The quantitative estimate of drug-likeness (QED) is 0.532. The van der Waals surface area contributed by atoms with Crippen LogP contribution in [0.1, 0.15) is 5.56 Å². The van der Waals surface area contributed by atoms with Gasteiger partial charge in [0.1, 0.15) is 11.4 Å². The summed E-state index contributed by atoms with van der Waals surface area (Å²) < 4.78 is 40.8. The molecule has 0 saturated heterocycles. The molecule has 6 nitrogen and oxygen atoms in total. The number of nitrogens with one attached hydrogen (secondary N) is 1. The van der Waals surface area contributed by atoms with Gasteiger partial charge in [-0.05, 0) is 12.1 Å². The van der Waals surface area contributed by atoms with Gasteiger partial charge in [0.15, 0.2) is 5.65 Å². The number of thioether (sulfide) groups is 1. The molecule has 136 valence electrons. The number of aryl methyl sites for hydroxylation is 1. The molecular weight excluding hydrogens is 391 g/mol. The molecule has 0 atom stereocenters. The van der Waals surface area contributed by atoms with Crippen molar-refractivity contribution in [3.05, 3.63) is 41.3 Å². The highest BCUT2D eigenvalue weighted by Gasteiger charge is 2.34. The highest BCUT2D eigenvalue weighted by atomic mass is 35.5. The Morgan fingerprint density at radius 2 is 2.12 bits per heavy atom. The predicted molar refractivity (Wildman–Crippen MR) is 92.1 cm³/mol. The maximum Gasteiger partial charge on any atom is 0.418 e. The van der Waals surface area contributed by atoms with Crippen molar-refractivity contribution < 1.29 is 18.0 Å². The molecule has 0 aliphatic heterocycles. The van der Waals surface area contributed by atoms with Crippen molar-refractivity contribution in [1.82, 2.24) is 19.7 Å². The minimum atomic E-state index is -4.63. The number of hydrogen-bond donors (Lipinski definition) is 1. The average molecular weight is 402 g/mol. The molecule has 1 N–H and O–H groups in total. The van der Waals surface area contributed by atoms with Crippen LogP contribution in [-0.2, 0) is 18.0 Å². The molecule has 2 heterocycles. The molecule has 26 heavy (non-hydrogen) atoms. The summed E-state index contributed by atoms with van der Waals surface area (Å²) in [4.78, 5) is 20.3. The number of benzene rings is 1. The van der Waals surface area contributed by atoms with E-state index in [9.17, 15) is 18.0 Å². The Bertz CT molecular complexity index is 976. The second kappa shape index (κ2) is 7.12. The molecule has 2 aromatic heterocycles. The number of aromatic nitrogens is 4. The Labute approximate surface area is 154 Å². The first kappa shape index (κ1) is 18.5. The maximum absolute atomic E-state index is 13.1. The number of amides is 1. The molecule has 1 aromatic carbocycles. The Hall–Kier alpha value is -2.33. The van der Waals surface area contributed by atoms with Crippen molar-refractivity contribution in [2.75, 3.05) is 11.1 Å². The van der Waals surface area contributed by atoms with Crippen molar-refractivity contribution >= 4 is 46.0 Å². The molecule has 0 aliphatic rings. The lowest BCUT2D eigenvalue weighted by atomic mass is 10.1. The number of para-hydroxylation sites is 1.